The topological polar surface area (TPSA) is 24.9 Å². The maximum atomic E-state index is 4.71. The third-order valence-electron chi connectivity index (χ3n) is 3.51. The van der Waals surface area contributed by atoms with Crippen molar-refractivity contribution in [2.75, 3.05) is 6.54 Å². The van der Waals surface area contributed by atoms with Gasteiger partial charge in [-0.05, 0) is 43.9 Å². The Labute approximate surface area is 112 Å². The van der Waals surface area contributed by atoms with Crippen molar-refractivity contribution < 1.29 is 0 Å². The van der Waals surface area contributed by atoms with Crippen molar-refractivity contribution in [3.8, 4) is 0 Å². The fourth-order valence-corrected chi connectivity index (χ4v) is 3.36. The van der Waals surface area contributed by atoms with Crippen LogP contribution < -0.4 is 5.32 Å². The monoisotopic (exact) mass is 260 g/mol. The van der Waals surface area contributed by atoms with E-state index < -0.39 is 0 Å². The number of aromatic nitrogens is 1. The smallest absolute Gasteiger partial charge is 0.0941 e. The molecule has 1 unspecified atom stereocenters. The van der Waals surface area contributed by atoms with Crippen molar-refractivity contribution in [1.29, 1.82) is 0 Å². The van der Waals surface area contributed by atoms with Crippen LogP contribution in [0.25, 0.3) is 10.2 Å². The normalized spacial score (nSPS) is 17.2. The largest absolute Gasteiger partial charge is 0.314 e. The lowest BCUT2D eigenvalue weighted by atomic mass is 10.0. The molecule has 1 atom stereocenters. The van der Waals surface area contributed by atoms with Gasteiger partial charge in [0.15, 0.2) is 0 Å². The maximum absolute atomic E-state index is 4.71. The lowest BCUT2D eigenvalue weighted by molar-refractivity contribution is 0.497. The van der Waals surface area contributed by atoms with E-state index in [4.69, 9.17) is 4.98 Å². The number of nitrogens with zero attached hydrogens (tertiary/aromatic N) is 1. The minimum absolute atomic E-state index is 0.719. The Morgan fingerprint density at radius 3 is 3.00 bits per heavy atom. The number of hydrogen-bond acceptors (Lipinski definition) is 3. The molecule has 3 heteroatoms. The molecule has 1 aromatic heterocycles. The molecular weight excluding hydrogens is 240 g/mol. The summed E-state index contributed by atoms with van der Waals surface area (Å²) in [5.74, 6) is 0.719. The minimum Gasteiger partial charge on any atom is -0.314 e. The molecule has 1 aliphatic rings. The second-order valence-electron chi connectivity index (χ2n) is 5.40. The molecule has 1 N–H and O–H groups in total. The van der Waals surface area contributed by atoms with Crippen molar-refractivity contribution in [3.05, 3.63) is 29.3 Å². The summed E-state index contributed by atoms with van der Waals surface area (Å²) >= 11 is 1.85. The van der Waals surface area contributed by atoms with Gasteiger partial charge in [0.05, 0.1) is 15.2 Å². The molecule has 3 rings (SSSR count). The van der Waals surface area contributed by atoms with Gasteiger partial charge in [0.1, 0.15) is 0 Å². The van der Waals surface area contributed by atoms with Crippen LogP contribution in [0, 0.1) is 5.92 Å². The predicted molar refractivity (Wildman–Crippen MR) is 78.1 cm³/mol. The molecule has 0 saturated heterocycles. The van der Waals surface area contributed by atoms with E-state index in [2.05, 4.69) is 36.5 Å². The molecule has 1 aliphatic carbocycles. The Kier molecular flexibility index (Phi) is 3.62. The van der Waals surface area contributed by atoms with E-state index in [0.29, 0.717) is 0 Å². The highest BCUT2D eigenvalue weighted by atomic mass is 32.1. The number of nitrogens with one attached hydrogen (secondary N) is 1. The lowest BCUT2D eigenvalue weighted by Gasteiger charge is -2.09. The quantitative estimate of drug-likeness (QED) is 0.858. The zero-order chi connectivity index (χ0) is 12.4. The van der Waals surface area contributed by atoms with E-state index in [1.807, 2.05) is 11.3 Å². The zero-order valence-corrected chi connectivity index (χ0v) is 11.7. The Bertz CT molecular complexity index is 483. The van der Waals surface area contributed by atoms with Crippen molar-refractivity contribution in [2.24, 2.45) is 5.92 Å². The first kappa shape index (κ1) is 12.1. The van der Waals surface area contributed by atoms with Crippen LogP contribution in [-0.4, -0.2) is 17.6 Å². The van der Waals surface area contributed by atoms with Gasteiger partial charge in [-0.25, -0.2) is 4.98 Å². The molecule has 18 heavy (non-hydrogen) atoms. The van der Waals surface area contributed by atoms with Gasteiger partial charge in [0.25, 0.3) is 0 Å². The number of benzene rings is 1. The molecule has 0 bridgehead atoms. The Morgan fingerprint density at radius 1 is 1.39 bits per heavy atom. The molecule has 0 spiro atoms. The summed E-state index contributed by atoms with van der Waals surface area (Å²) in [6.07, 6.45) is 5.14. The van der Waals surface area contributed by atoms with E-state index in [1.54, 1.807) is 0 Å². The highest BCUT2D eigenvalue weighted by Crippen LogP contribution is 2.24. The second-order valence-corrected chi connectivity index (χ2v) is 6.52. The van der Waals surface area contributed by atoms with Crippen molar-refractivity contribution in [2.45, 2.75) is 38.6 Å². The molecule has 1 aromatic carbocycles. The van der Waals surface area contributed by atoms with E-state index in [1.165, 1.54) is 29.0 Å². The van der Waals surface area contributed by atoms with Crippen molar-refractivity contribution >= 4 is 21.6 Å². The number of hydrogen-bond donors (Lipinski definition) is 1. The lowest BCUT2D eigenvalue weighted by Crippen LogP contribution is -2.20. The molecule has 0 aliphatic heterocycles. The van der Waals surface area contributed by atoms with E-state index in [9.17, 15) is 0 Å². The van der Waals surface area contributed by atoms with Gasteiger partial charge in [0.2, 0.25) is 0 Å². The standard InChI is InChI=1S/C15H20N2S/c1-11(8-9-16-12-6-7-12)10-15-17-13-4-2-3-5-14(13)18-15/h2-5,11-12,16H,6-10H2,1H3. The van der Waals surface area contributed by atoms with Crippen LogP contribution in [0.1, 0.15) is 31.2 Å². The summed E-state index contributed by atoms with van der Waals surface area (Å²) < 4.78 is 1.32. The predicted octanol–water partition coefficient (Wildman–Crippen LogP) is 3.62. The second kappa shape index (κ2) is 5.37. The number of fused-ring (bicyclic) bond motifs is 1. The Balaban J connectivity index is 1.53. The summed E-state index contributed by atoms with van der Waals surface area (Å²) in [7, 11) is 0. The molecule has 1 saturated carbocycles. The van der Waals surface area contributed by atoms with Crippen LogP contribution in [-0.2, 0) is 6.42 Å². The average Bonchev–Trinajstić information content (AvgIpc) is 3.08. The van der Waals surface area contributed by atoms with Gasteiger partial charge in [-0.2, -0.15) is 0 Å². The van der Waals surface area contributed by atoms with Gasteiger partial charge in [-0.3, -0.25) is 0 Å². The molecule has 0 amide bonds. The van der Waals surface area contributed by atoms with Gasteiger partial charge in [-0.1, -0.05) is 19.1 Å². The number of para-hydroxylation sites is 1. The van der Waals surface area contributed by atoms with Crippen LogP contribution in [0.5, 0.6) is 0 Å². The molecule has 1 fully saturated rings. The highest BCUT2D eigenvalue weighted by Gasteiger charge is 2.20. The van der Waals surface area contributed by atoms with Crippen LogP contribution in [0.3, 0.4) is 0 Å². The van der Waals surface area contributed by atoms with Gasteiger partial charge >= 0.3 is 0 Å². The van der Waals surface area contributed by atoms with Crippen LogP contribution in [0.4, 0.5) is 0 Å². The van der Waals surface area contributed by atoms with Gasteiger partial charge < -0.3 is 5.32 Å². The molecule has 0 radical (unpaired) electrons. The van der Waals surface area contributed by atoms with Gasteiger partial charge in [-0.15, -0.1) is 11.3 Å². The van der Waals surface area contributed by atoms with Gasteiger partial charge in [0, 0.05) is 12.5 Å². The maximum Gasteiger partial charge on any atom is 0.0941 e. The molecule has 2 nitrogen and oxygen atoms in total. The SMILES string of the molecule is CC(CCNC1CC1)Cc1nc2ccccc2s1. The Morgan fingerprint density at radius 2 is 2.22 bits per heavy atom. The van der Waals surface area contributed by atoms with E-state index >= 15 is 0 Å². The minimum atomic E-state index is 0.719. The molecular formula is C15H20N2S. The third kappa shape index (κ3) is 3.09. The summed E-state index contributed by atoms with van der Waals surface area (Å²) in [4.78, 5) is 4.71. The summed E-state index contributed by atoms with van der Waals surface area (Å²) in [5.41, 5.74) is 1.15. The third-order valence-corrected chi connectivity index (χ3v) is 4.57. The zero-order valence-electron chi connectivity index (χ0n) is 10.9. The van der Waals surface area contributed by atoms with E-state index in [-0.39, 0.29) is 0 Å². The Hall–Kier alpha value is -0.930. The number of thiazole rings is 1. The van der Waals surface area contributed by atoms with Crippen molar-refractivity contribution in [1.82, 2.24) is 10.3 Å². The van der Waals surface area contributed by atoms with Crippen LogP contribution >= 0.6 is 11.3 Å². The van der Waals surface area contributed by atoms with Crippen LogP contribution in [0.2, 0.25) is 0 Å². The average molecular weight is 260 g/mol. The highest BCUT2D eigenvalue weighted by molar-refractivity contribution is 7.18. The molecule has 1 heterocycles. The van der Waals surface area contributed by atoms with Crippen LogP contribution in [0.15, 0.2) is 24.3 Å². The summed E-state index contributed by atoms with van der Waals surface area (Å²) in [6, 6.07) is 9.26. The van der Waals surface area contributed by atoms with E-state index in [0.717, 1.165) is 30.4 Å². The summed E-state index contributed by atoms with van der Waals surface area (Å²) in [5, 5.41) is 4.87. The first-order chi connectivity index (χ1) is 8.81. The fraction of sp³-hybridized carbons (Fsp3) is 0.533. The summed E-state index contributed by atoms with van der Waals surface area (Å²) in [6.45, 7) is 3.50. The first-order valence-electron chi connectivity index (χ1n) is 6.89. The van der Waals surface area contributed by atoms with Crippen molar-refractivity contribution in [3.63, 3.8) is 0 Å². The molecule has 2 aromatic rings. The molecule has 96 valence electrons. The fourth-order valence-electron chi connectivity index (χ4n) is 2.23. The first-order valence-corrected chi connectivity index (χ1v) is 7.71. The number of rotatable bonds is 6.